The van der Waals surface area contributed by atoms with Crippen LogP contribution in [0.1, 0.15) is 0 Å². The van der Waals surface area contributed by atoms with E-state index in [2.05, 4.69) is 10.2 Å². The van der Waals surface area contributed by atoms with Crippen molar-refractivity contribution in [2.75, 3.05) is 0 Å². The molecule has 2 rings (SSSR count). The van der Waals surface area contributed by atoms with Crippen LogP contribution in [0.2, 0.25) is 5.02 Å². The second kappa shape index (κ2) is 7.40. The Hall–Kier alpha value is -1.16. The largest absolute Gasteiger partial charge is 1.00 e. The number of hydrogen-bond donors (Lipinski definition) is 2. The zero-order valence-electron chi connectivity index (χ0n) is 11.3. The van der Waals surface area contributed by atoms with Gasteiger partial charge in [-0.15, -0.1) is 5.11 Å². The Labute approximate surface area is 153 Å². The molecule has 0 unspecified atom stereocenters. The smallest absolute Gasteiger partial charge is 0.870 e. The average molecular weight is 351 g/mol. The fourth-order valence-electron chi connectivity index (χ4n) is 1.43. The molecule has 2 N–H and O–H groups in total. The molecule has 0 amide bonds. The summed E-state index contributed by atoms with van der Waals surface area (Å²) in [6.07, 6.45) is 0. The van der Waals surface area contributed by atoms with Crippen LogP contribution in [0.3, 0.4) is 0 Å². The van der Waals surface area contributed by atoms with Gasteiger partial charge in [0.15, 0.2) is 0 Å². The molecule has 0 radical (unpaired) electrons. The number of halogens is 1. The van der Waals surface area contributed by atoms with Gasteiger partial charge in [0.2, 0.25) is 0 Å². The van der Waals surface area contributed by atoms with Gasteiger partial charge in [0.25, 0.3) is 10.1 Å². The van der Waals surface area contributed by atoms with E-state index >= 15 is 0 Å². The predicted molar refractivity (Wildman–Crippen MR) is 73.0 cm³/mol. The summed E-state index contributed by atoms with van der Waals surface area (Å²) < 4.78 is 30.9. The van der Waals surface area contributed by atoms with Gasteiger partial charge in [-0.3, -0.25) is 4.55 Å². The van der Waals surface area contributed by atoms with Crippen LogP contribution >= 0.6 is 11.6 Å². The van der Waals surface area contributed by atoms with Crippen LogP contribution in [0.25, 0.3) is 0 Å². The van der Waals surface area contributed by atoms with Crippen molar-refractivity contribution in [3.8, 4) is 11.5 Å². The maximum Gasteiger partial charge on any atom is 1.00 e. The maximum atomic E-state index is 11.1. The van der Waals surface area contributed by atoms with Crippen molar-refractivity contribution in [3.05, 3.63) is 41.4 Å². The van der Waals surface area contributed by atoms with E-state index in [0.29, 0.717) is 0 Å². The van der Waals surface area contributed by atoms with Crippen LogP contribution in [-0.2, 0) is 10.1 Å². The van der Waals surface area contributed by atoms with Crippen LogP contribution < -0.4 is 34.7 Å². The van der Waals surface area contributed by atoms with E-state index < -0.39 is 21.6 Å². The molecule has 0 aliphatic heterocycles. The standard InChI is InChI=1S/C12H9ClN2O5S.Na/c13-9-5-11(16)12(17)6-10(9)15-14-7-2-1-3-8(4-7)21(18,19)20;/h1-6,16-17H,(H,18,19,20);/q;+1/p-1. The number of hydrogen-bond acceptors (Lipinski definition) is 6. The third-order valence-electron chi connectivity index (χ3n) is 2.42. The molecule has 10 heteroatoms. The molecule has 2 aromatic rings. The van der Waals surface area contributed by atoms with Crippen molar-refractivity contribution in [1.29, 1.82) is 0 Å². The Morgan fingerprint density at radius 3 is 2.45 bits per heavy atom. The monoisotopic (exact) mass is 350 g/mol. The van der Waals surface area contributed by atoms with Crippen LogP contribution in [-0.4, -0.2) is 18.1 Å². The van der Waals surface area contributed by atoms with Gasteiger partial charge in [0.1, 0.15) is 11.4 Å². The second-order valence-corrected chi connectivity index (χ2v) is 5.77. The number of benzene rings is 2. The molecule has 0 spiro atoms. The summed E-state index contributed by atoms with van der Waals surface area (Å²) in [7, 11) is -4.34. The minimum atomic E-state index is -4.34. The summed E-state index contributed by atoms with van der Waals surface area (Å²) in [5, 5.41) is 27.9. The Bertz CT molecular complexity index is 826. The van der Waals surface area contributed by atoms with E-state index in [1.54, 1.807) is 0 Å². The first-order chi connectivity index (χ1) is 9.77. The summed E-state index contributed by atoms with van der Waals surface area (Å²) in [6.45, 7) is 0. The summed E-state index contributed by atoms with van der Waals surface area (Å²) in [6, 6.07) is 7.15. The molecule has 0 aliphatic rings. The van der Waals surface area contributed by atoms with Crippen molar-refractivity contribution in [2.24, 2.45) is 10.2 Å². The van der Waals surface area contributed by atoms with Gasteiger partial charge in [-0.2, -0.15) is 13.5 Å². The molecular weight excluding hydrogens is 343 g/mol. The zero-order chi connectivity index (χ0) is 15.6. The molecular formula is C12H8ClN2NaO5S. The molecule has 7 nitrogen and oxygen atoms in total. The molecule has 0 fully saturated rings. The number of phenols is 1. The number of azo groups is 1. The predicted octanol–water partition coefficient (Wildman–Crippen LogP) is -0.215. The molecule has 0 aliphatic carbocycles. The first-order valence-electron chi connectivity index (χ1n) is 5.46. The molecule has 2 aromatic carbocycles. The summed E-state index contributed by atoms with van der Waals surface area (Å²) in [4.78, 5) is -0.331. The first kappa shape index (κ1) is 18.9. The SMILES string of the molecule is O=S(=O)(O)c1cccc(N=Nc2cc(O)c([O-])cc2Cl)c1.[Na+]. The number of phenolic OH excluding ortho intramolecular Hbond substituents is 1. The van der Waals surface area contributed by atoms with E-state index in [1.807, 2.05) is 0 Å². The molecule has 0 aromatic heterocycles. The average Bonchev–Trinajstić information content (AvgIpc) is 2.41. The van der Waals surface area contributed by atoms with Crippen LogP contribution in [0.5, 0.6) is 11.5 Å². The molecule has 0 heterocycles. The van der Waals surface area contributed by atoms with Gasteiger partial charge in [-0.25, -0.2) is 0 Å². The molecule has 0 saturated heterocycles. The van der Waals surface area contributed by atoms with Gasteiger partial charge >= 0.3 is 29.6 Å². The third-order valence-corrected chi connectivity index (χ3v) is 3.57. The first-order valence-corrected chi connectivity index (χ1v) is 7.28. The van der Waals surface area contributed by atoms with Crippen molar-refractivity contribution < 1.29 is 52.7 Å². The van der Waals surface area contributed by atoms with E-state index in [1.165, 1.54) is 18.2 Å². The summed E-state index contributed by atoms with van der Waals surface area (Å²) in [5.41, 5.74) is 0.193. The fourth-order valence-corrected chi connectivity index (χ4v) is 2.14. The Balaban J connectivity index is 0.00000242. The fraction of sp³-hybridized carbons (Fsp3) is 0. The summed E-state index contributed by atoms with van der Waals surface area (Å²) in [5.74, 6) is -1.17. The van der Waals surface area contributed by atoms with Crippen molar-refractivity contribution in [2.45, 2.75) is 4.90 Å². The van der Waals surface area contributed by atoms with Gasteiger partial charge in [0, 0.05) is 6.07 Å². The van der Waals surface area contributed by atoms with Crippen LogP contribution in [0, 0.1) is 0 Å². The molecule has 22 heavy (non-hydrogen) atoms. The van der Waals surface area contributed by atoms with E-state index in [9.17, 15) is 18.6 Å². The van der Waals surface area contributed by atoms with E-state index in [-0.39, 0.29) is 50.9 Å². The van der Waals surface area contributed by atoms with Crippen molar-refractivity contribution in [3.63, 3.8) is 0 Å². The zero-order valence-corrected chi connectivity index (χ0v) is 14.8. The molecule has 0 saturated carbocycles. The Morgan fingerprint density at radius 2 is 1.82 bits per heavy atom. The van der Waals surface area contributed by atoms with Gasteiger partial charge in [-0.05, 0) is 24.3 Å². The normalized spacial score (nSPS) is 11.4. The topological polar surface area (TPSA) is 122 Å². The molecule has 110 valence electrons. The number of rotatable bonds is 3. The van der Waals surface area contributed by atoms with Gasteiger partial charge in [-0.1, -0.05) is 23.4 Å². The van der Waals surface area contributed by atoms with Gasteiger partial charge < -0.3 is 10.2 Å². The number of nitrogens with zero attached hydrogens (tertiary/aromatic N) is 2. The van der Waals surface area contributed by atoms with Gasteiger partial charge in [0.05, 0.1) is 15.6 Å². The molecule has 0 atom stereocenters. The third kappa shape index (κ3) is 4.67. The molecule has 0 bridgehead atoms. The Kier molecular flexibility index (Phi) is 6.36. The van der Waals surface area contributed by atoms with E-state index in [0.717, 1.165) is 18.2 Å². The second-order valence-electron chi connectivity index (χ2n) is 3.94. The number of aromatic hydroxyl groups is 1. The summed E-state index contributed by atoms with van der Waals surface area (Å²) >= 11 is 5.77. The maximum absolute atomic E-state index is 11.1. The quantitative estimate of drug-likeness (QED) is 0.450. The Morgan fingerprint density at radius 1 is 1.14 bits per heavy atom. The van der Waals surface area contributed by atoms with E-state index in [4.69, 9.17) is 16.2 Å². The minimum absolute atomic E-state index is 0. The van der Waals surface area contributed by atoms with Crippen LogP contribution in [0.4, 0.5) is 11.4 Å². The van der Waals surface area contributed by atoms with Crippen LogP contribution in [0.15, 0.2) is 51.5 Å². The van der Waals surface area contributed by atoms with Crippen molar-refractivity contribution in [1.82, 2.24) is 0 Å². The minimum Gasteiger partial charge on any atom is -0.870 e. The van der Waals surface area contributed by atoms with Crippen molar-refractivity contribution >= 4 is 33.1 Å².